The Bertz CT molecular complexity index is 666. The number of hydrogen-bond donors (Lipinski definition) is 2. The summed E-state index contributed by atoms with van der Waals surface area (Å²) in [6.07, 6.45) is 5.44. The van der Waals surface area contributed by atoms with Gasteiger partial charge in [0, 0.05) is 19.4 Å². The second-order valence-electron chi connectivity index (χ2n) is 6.65. The van der Waals surface area contributed by atoms with Gasteiger partial charge in [0.1, 0.15) is 6.10 Å². The molecular weight excluding hydrogens is 318 g/mol. The maximum Gasteiger partial charge on any atom is 0.249 e. The van der Waals surface area contributed by atoms with Gasteiger partial charge in [-0.3, -0.25) is 4.79 Å². The van der Waals surface area contributed by atoms with Crippen LogP contribution in [-0.2, 0) is 17.6 Å². The lowest BCUT2D eigenvalue weighted by Gasteiger charge is -2.25. The van der Waals surface area contributed by atoms with Gasteiger partial charge in [-0.2, -0.15) is 4.98 Å². The number of carbonyl (C=O) groups is 1. The van der Waals surface area contributed by atoms with Crippen molar-refractivity contribution >= 4 is 5.91 Å². The predicted molar refractivity (Wildman–Crippen MR) is 92.8 cm³/mol. The average molecular weight is 343 g/mol. The smallest absolute Gasteiger partial charge is 0.249 e. The standard InChI is InChI=1S/C19H25N3O3/c23-18(15-9-5-2-6-10-15)19(24)20-12-11-17-21-16(22-25-17)13-14-7-3-1-4-8-14/h1,3-4,7-8,15,18,23H,2,5-6,9-13H2,(H,20,24)/t18-/m1/s1. The van der Waals surface area contributed by atoms with E-state index in [-0.39, 0.29) is 11.8 Å². The Morgan fingerprint density at radius 2 is 2.00 bits per heavy atom. The molecule has 2 N–H and O–H groups in total. The van der Waals surface area contributed by atoms with E-state index < -0.39 is 6.10 Å². The topological polar surface area (TPSA) is 88.3 Å². The molecule has 6 heteroatoms. The highest BCUT2D eigenvalue weighted by atomic mass is 16.5. The molecule has 0 aliphatic heterocycles. The van der Waals surface area contributed by atoms with Crippen molar-refractivity contribution < 1.29 is 14.4 Å². The molecule has 0 spiro atoms. The molecular formula is C19H25N3O3. The molecule has 0 unspecified atom stereocenters. The van der Waals surface area contributed by atoms with Crippen molar-refractivity contribution in [3.05, 3.63) is 47.6 Å². The summed E-state index contributed by atoms with van der Waals surface area (Å²) in [5.41, 5.74) is 1.12. The molecule has 1 aliphatic rings. The number of aliphatic hydroxyl groups excluding tert-OH is 1. The number of carbonyl (C=O) groups excluding carboxylic acids is 1. The third-order valence-corrected chi connectivity index (χ3v) is 4.72. The highest BCUT2D eigenvalue weighted by molar-refractivity contribution is 5.80. The van der Waals surface area contributed by atoms with Crippen molar-refractivity contribution in [1.82, 2.24) is 15.5 Å². The number of aliphatic hydroxyl groups is 1. The highest BCUT2D eigenvalue weighted by Crippen LogP contribution is 2.26. The summed E-state index contributed by atoms with van der Waals surface area (Å²) < 4.78 is 5.22. The lowest BCUT2D eigenvalue weighted by molar-refractivity contribution is -0.132. The molecule has 0 saturated heterocycles. The van der Waals surface area contributed by atoms with Gasteiger partial charge in [0.15, 0.2) is 5.82 Å². The summed E-state index contributed by atoms with van der Waals surface area (Å²) in [5, 5.41) is 16.9. The second kappa shape index (κ2) is 8.76. The van der Waals surface area contributed by atoms with E-state index >= 15 is 0 Å². The van der Waals surface area contributed by atoms with E-state index in [1.165, 1.54) is 6.42 Å². The number of nitrogens with zero attached hydrogens (tertiary/aromatic N) is 2. The van der Waals surface area contributed by atoms with Crippen molar-refractivity contribution in [2.24, 2.45) is 5.92 Å². The predicted octanol–water partition coefficient (Wildman–Crippen LogP) is 2.26. The third kappa shape index (κ3) is 5.13. The monoisotopic (exact) mass is 343 g/mol. The average Bonchev–Trinajstić information content (AvgIpc) is 3.10. The molecule has 0 radical (unpaired) electrons. The summed E-state index contributed by atoms with van der Waals surface area (Å²) in [7, 11) is 0. The first-order chi connectivity index (χ1) is 12.2. The molecule has 6 nitrogen and oxygen atoms in total. The summed E-state index contributed by atoms with van der Waals surface area (Å²) in [6, 6.07) is 9.95. The maximum atomic E-state index is 12.1. The van der Waals surface area contributed by atoms with Gasteiger partial charge in [-0.25, -0.2) is 0 Å². The highest BCUT2D eigenvalue weighted by Gasteiger charge is 2.27. The summed E-state index contributed by atoms with van der Waals surface area (Å²) in [5.74, 6) is 0.929. The van der Waals surface area contributed by atoms with Crippen molar-refractivity contribution in [3.8, 4) is 0 Å². The molecule has 1 heterocycles. The molecule has 3 rings (SSSR count). The Kier molecular flexibility index (Phi) is 6.17. The molecule has 1 saturated carbocycles. The van der Waals surface area contributed by atoms with E-state index in [1.807, 2.05) is 30.3 Å². The number of benzene rings is 1. The maximum absolute atomic E-state index is 12.1. The van der Waals surface area contributed by atoms with Crippen LogP contribution >= 0.6 is 0 Å². The molecule has 1 amide bonds. The van der Waals surface area contributed by atoms with E-state index in [2.05, 4.69) is 15.5 Å². The Morgan fingerprint density at radius 3 is 2.76 bits per heavy atom. The van der Waals surface area contributed by atoms with E-state index in [0.29, 0.717) is 31.1 Å². The molecule has 2 aromatic rings. The van der Waals surface area contributed by atoms with Gasteiger partial charge in [-0.1, -0.05) is 54.8 Å². The molecule has 25 heavy (non-hydrogen) atoms. The summed E-state index contributed by atoms with van der Waals surface area (Å²) in [6.45, 7) is 0.385. The Hall–Kier alpha value is -2.21. The second-order valence-corrected chi connectivity index (χ2v) is 6.65. The van der Waals surface area contributed by atoms with Crippen molar-refractivity contribution in [3.63, 3.8) is 0 Å². The molecule has 1 aliphatic carbocycles. The number of hydrogen-bond acceptors (Lipinski definition) is 5. The molecule has 1 atom stereocenters. The minimum atomic E-state index is -0.906. The number of rotatable bonds is 7. The normalized spacial score (nSPS) is 16.5. The zero-order chi connectivity index (χ0) is 17.5. The quantitative estimate of drug-likeness (QED) is 0.805. The van der Waals surface area contributed by atoms with Gasteiger partial charge in [0.2, 0.25) is 11.8 Å². The van der Waals surface area contributed by atoms with Crippen LogP contribution in [0.5, 0.6) is 0 Å². The number of aromatic nitrogens is 2. The van der Waals surface area contributed by atoms with Crippen LogP contribution in [0, 0.1) is 5.92 Å². The lowest BCUT2D eigenvalue weighted by atomic mass is 9.85. The summed E-state index contributed by atoms with van der Waals surface area (Å²) >= 11 is 0. The third-order valence-electron chi connectivity index (χ3n) is 4.72. The van der Waals surface area contributed by atoms with Crippen molar-refractivity contribution in [2.45, 2.75) is 51.0 Å². The van der Waals surface area contributed by atoms with Crippen molar-refractivity contribution in [1.29, 1.82) is 0 Å². The zero-order valence-electron chi connectivity index (χ0n) is 14.4. The Labute approximate surface area is 147 Å². The largest absolute Gasteiger partial charge is 0.383 e. The first-order valence-corrected chi connectivity index (χ1v) is 9.03. The van der Waals surface area contributed by atoms with Gasteiger partial charge in [0.25, 0.3) is 0 Å². The van der Waals surface area contributed by atoms with E-state index in [9.17, 15) is 9.90 Å². The number of nitrogens with one attached hydrogen (secondary N) is 1. The van der Waals surface area contributed by atoms with Gasteiger partial charge in [0.05, 0.1) is 0 Å². The molecule has 1 aromatic carbocycles. The minimum Gasteiger partial charge on any atom is -0.383 e. The van der Waals surface area contributed by atoms with Gasteiger partial charge >= 0.3 is 0 Å². The molecule has 1 fully saturated rings. The number of amides is 1. The Morgan fingerprint density at radius 1 is 1.24 bits per heavy atom. The van der Waals surface area contributed by atoms with Crippen LogP contribution in [0.4, 0.5) is 0 Å². The van der Waals surface area contributed by atoms with Crippen LogP contribution in [-0.4, -0.2) is 33.8 Å². The first-order valence-electron chi connectivity index (χ1n) is 9.03. The molecule has 134 valence electrons. The van der Waals surface area contributed by atoms with Gasteiger partial charge in [-0.05, 0) is 24.3 Å². The summed E-state index contributed by atoms with van der Waals surface area (Å²) in [4.78, 5) is 16.4. The van der Waals surface area contributed by atoms with E-state index in [1.54, 1.807) is 0 Å². The first kappa shape index (κ1) is 17.6. The fraction of sp³-hybridized carbons (Fsp3) is 0.526. The van der Waals surface area contributed by atoms with Gasteiger partial charge < -0.3 is 14.9 Å². The molecule has 0 bridgehead atoms. The Balaban J connectivity index is 1.42. The fourth-order valence-electron chi connectivity index (χ4n) is 3.30. The van der Waals surface area contributed by atoms with Crippen LogP contribution in [0.2, 0.25) is 0 Å². The fourth-order valence-corrected chi connectivity index (χ4v) is 3.30. The van der Waals surface area contributed by atoms with Crippen LogP contribution < -0.4 is 5.32 Å². The van der Waals surface area contributed by atoms with Crippen LogP contribution in [0.3, 0.4) is 0 Å². The lowest BCUT2D eigenvalue weighted by Crippen LogP contribution is -2.40. The van der Waals surface area contributed by atoms with Crippen LogP contribution in [0.15, 0.2) is 34.9 Å². The van der Waals surface area contributed by atoms with Crippen LogP contribution in [0.25, 0.3) is 0 Å². The molecule has 1 aromatic heterocycles. The minimum absolute atomic E-state index is 0.0922. The van der Waals surface area contributed by atoms with Crippen LogP contribution in [0.1, 0.15) is 49.4 Å². The van der Waals surface area contributed by atoms with Gasteiger partial charge in [-0.15, -0.1) is 0 Å². The SMILES string of the molecule is O=C(NCCc1nc(Cc2ccccc2)no1)[C@H](O)C1CCCCC1. The zero-order valence-corrected chi connectivity index (χ0v) is 14.4. The van der Waals surface area contributed by atoms with Crippen molar-refractivity contribution in [2.75, 3.05) is 6.54 Å². The van der Waals surface area contributed by atoms with E-state index in [0.717, 1.165) is 31.2 Å². The van der Waals surface area contributed by atoms with E-state index in [4.69, 9.17) is 4.52 Å².